The number of hydrogen-bond acceptors (Lipinski definition) is 5. The minimum absolute atomic E-state index is 0.0510. The number of ketones is 1. The normalized spacial score (nSPS) is 19.3. The van der Waals surface area contributed by atoms with E-state index in [0.29, 0.717) is 16.9 Å². The van der Waals surface area contributed by atoms with Crippen LogP contribution in [-0.2, 0) is 0 Å². The molecule has 0 saturated heterocycles. The van der Waals surface area contributed by atoms with E-state index in [1.54, 1.807) is 32.0 Å². The van der Waals surface area contributed by atoms with Crippen LogP contribution >= 0.6 is 0 Å². The number of aliphatic hydroxyl groups is 1. The lowest BCUT2D eigenvalue weighted by molar-refractivity contribution is -0.0627. The van der Waals surface area contributed by atoms with Crippen molar-refractivity contribution in [1.29, 1.82) is 0 Å². The van der Waals surface area contributed by atoms with Gasteiger partial charge in [0.1, 0.15) is 23.3 Å². The minimum Gasteiger partial charge on any atom is -0.485 e. The van der Waals surface area contributed by atoms with E-state index in [0.717, 1.165) is 12.1 Å². The molecule has 2 atom stereocenters. The topological polar surface area (TPSA) is 124 Å². The second-order valence-electron chi connectivity index (χ2n) is 7.26. The van der Waals surface area contributed by atoms with Gasteiger partial charge in [0.25, 0.3) is 5.91 Å². The predicted molar refractivity (Wildman–Crippen MR) is 103 cm³/mol. The number of aliphatic hydroxyl groups excluding tert-OH is 1. The summed E-state index contributed by atoms with van der Waals surface area (Å²) < 4.78 is 19.3. The molecule has 1 aliphatic rings. The molecule has 150 valence electrons. The van der Waals surface area contributed by atoms with Crippen LogP contribution in [0.4, 0.5) is 10.1 Å². The molecule has 0 aliphatic carbocycles. The van der Waals surface area contributed by atoms with Crippen LogP contribution in [0.5, 0.6) is 5.75 Å². The lowest BCUT2D eigenvalue weighted by Gasteiger charge is -2.42. The lowest BCUT2D eigenvalue weighted by Crippen LogP contribution is -2.53. The average Bonchev–Trinajstić information content (AvgIpc) is 2.65. The number of carbonyl (C=O) groups is 2. The zero-order chi connectivity index (χ0) is 21.3. The molecule has 8 nitrogen and oxygen atoms in total. The van der Waals surface area contributed by atoms with Crippen LogP contribution in [0.3, 0.4) is 0 Å². The van der Waals surface area contributed by atoms with Gasteiger partial charge in [0.15, 0.2) is 5.78 Å². The predicted octanol–water partition coefficient (Wildman–Crippen LogP) is 3.97. The number of carbonyl (C=O) groups excluding carboxylic acids is 2. The van der Waals surface area contributed by atoms with Crippen LogP contribution in [0.1, 0.15) is 53.1 Å². The molecule has 0 unspecified atom stereocenters. The van der Waals surface area contributed by atoms with E-state index in [1.807, 2.05) is 0 Å². The summed E-state index contributed by atoms with van der Waals surface area (Å²) >= 11 is 0. The fraction of sp³-hybridized carbons (Fsp3) is 0.300. The molecule has 1 amide bonds. The standard InChI is InChI=1S/C20H19FN4O4/c1-10(26)11-4-7-16-14(8-11)17(18(27)20(2,3)29-16)23-19(28)13-6-5-12(21)9-15(13)24-25-22/h4-9,17-18,27H,1-3H3,(H,23,28)/t17-,18+/m0/s1. The highest BCUT2D eigenvalue weighted by Gasteiger charge is 2.44. The maximum atomic E-state index is 13.5. The molecule has 0 spiro atoms. The summed E-state index contributed by atoms with van der Waals surface area (Å²) in [6.07, 6.45) is -1.15. The molecule has 0 radical (unpaired) electrons. The number of halogens is 1. The van der Waals surface area contributed by atoms with Crippen LogP contribution in [0.15, 0.2) is 41.5 Å². The SMILES string of the molecule is CC(=O)c1ccc2c(c1)[C@H](NC(=O)c1ccc(F)cc1N=[N+]=[N-])[C@@H](O)C(C)(C)O2. The number of nitrogens with zero attached hydrogens (tertiary/aromatic N) is 3. The van der Waals surface area contributed by atoms with Crippen molar-refractivity contribution in [2.45, 2.75) is 38.5 Å². The van der Waals surface area contributed by atoms with E-state index in [2.05, 4.69) is 15.3 Å². The van der Waals surface area contributed by atoms with Crippen molar-refractivity contribution in [3.8, 4) is 5.75 Å². The van der Waals surface area contributed by atoms with Crippen molar-refractivity contribution in [3.05, 3.63) is 69.3 Å². The van der Waals surface area contributed by atoms with Crippen LogP contribution in [-0.4, -0.2) is 28.5 Å². The fourth-order valence-corrected chi connectivity index (χ4v) is 3.22. The fourth-order valence-electron chi connectivity index (χ4n) is 3.22. The number of hydrogen-bond donors (Lipinski definition) is 2. The Bertz CT molecular complexity index is 1050. The summed E-state index contributed by atoms with van der Waals surface area (Å²) in [5, 5.41) is 16.9. The molecule has 0 saturated carbocycles. The maximum absolute atomic E-state index is 13.5. The first-order chi connectivity index (χ1) is 13.6. The molecule has 3 rings (SSSR count). The number of nitrogens with one attached hydrogen (secondary N) is 1. The van der Waals surface area contributed by atoms with Gasteiger partial charge in [-0.15, -0.1) is 0 Å². The second-order valence-corrected chi connectivity index (χ2v) is 7.26. The monoisotopic (exact) mass is 398 g/mol. The summed E-state index contributed by atoms with van der Waals surface area (Å²) in [6.45, 7) is 4.74. The molecule has 1 aliphatic heterocycles. The van der Waals surface area contributed by atoms with Crippen LogP contribution < -0.4 is 10.1 Å². The first kappa shape index (κ1) is 20.3. The van der Waals surface area contributed by atoms with Gasteiger partial charge in [0, 0.05) is 21.6 Å². The largest absolute Gasteiger partial charge is 0.485 e. The van der Waals surface area contributed by atoms with Crippen molar-refractivity contribution in [1.82, 2.24) is 5.32 Å². The summed E-state index contributed by atoms with van der Waals surface area (Å²) in [5.41, 5.74) is 8.25. The first-order valence-corrected chi connectivity index (χ1v) is 8.81. The molecule has 2 N–H and O–H groups in total. The van der Waals surface area contributed by atoms with Gasteiger partial charge >= 0.3 is 0 Å². The highest BCUT2D eigenvalue weighted by Crippen LogP contribution is 2.40. The lowest BCUT2D eigenvalue weighted by atomic mass is 9.85. The first-order valence-electron chi connectivity index (χ1n) is 8.81. The van der Waals surface area contributed by atoms with Crippen LogP contribution in [0.25, 0.3) is 10.4 Å². The molecule has 0 fully saturated rings. The van der Waals surface area contributed by atoms with E-state index in [1.165, 1.54) is 13.0 Å². The number of benzene rings is 2. The smallest absolute Gasteiger partial charge is 0.252 e. The number of azide groups is 1. The molecule has 2 aromatic rings. The van der Waals surface area contributed by atoms with Gasteiger partial charge in [-0.25, -0.2) is 4.39 Å². The minimum atomic E-state index is -1.15. The Morgan fingerprint density at radius 3 is 2.66 bits per heavy atom. The molecule has 0 aromatic heterocycles. The zero-order valence-electron chi connectivity index (χ0n) is 16.0. The Morgan fingerprint density at radius 1 is 1.28 bits per heavy atom. The van der Waals surface area contributed by atoms with Crippen molar-refractivity contribution in [2.75, 3.05) is 0 Å². The van der Waals surface area contributed by atoms with Gasteiger partial charge in [0.2, 0.25) is 0 Å². The van der Waals surface area contributed by atoms with Gasteiger partial charge in [-0.1, -0.05) is 5.11 Å². The molecule has 2 aromatic carbocycles. The van der Waals surface area contributed by atoms with Crippen molar-refractivity contribution in [2.24, 2.45) is 5.11 Å². The van der Waals surface area contributed by atoms with Crippen LogP contribution in [0, 0.1) is 5.82 Å². The zero-order valence-corrected chi connectivity index (χ0v) is 16.0. The highest BCUT2D eigenvalue weighted by atomic mass is 19.1. The van der Waals surface area contributed by atoms with Crippen molar-refractivity contribution in [3.63, 3.8) is 0 Å². The number of Topliss-reactive ketones (excluding diaryl/α,β-unsaturated/α-hetero) is 1. The van der Waals surface area contributed by atoms with E-state index in [-0.39, 0.29) is 17.0 Å². The number of rotatable bonds is 4. The van der Waals surface area contributed by atoms with E-state index < -0.39 is 29.5 Å². The molecule has 0 bridgehead atoms. The number of fused-ring (bicyclic) bond motifs is 1. The maximum Gasteiger partial charge on any atom is 0.252 e. The van der Waals surface area contributed by atoms with Crippen molar-refractivity contribution >= 4 is 17.4 Å². The molecule has 29 heavy (non-hydrogen) atoms. The van der Waals surface area contributed by atoms with E-state index >= 15 is 0 Å². The van der Waals surface area contributed by atoms with Gasteiger partial charge < -0.3 is 15.2 Å². The Kier molecular flexibility index (Phi) is 5.28. The Balaban J connectivity index is 2.04. The third-order valence-corrected chi connectivity index (χ3v) is 4.80. The Labute approximate surface area is 165 Å². The third kappa shape index (κ3) is 3.91. The molecule has 9 heteroatoms. The second kappa shape index (κ2) is 7.54. The van der Waals surface area contributed by atoms with Gasteiger partial charge in [-0.05, 0) is 62.7 Å². The summed E-state index contributed by atoms with van der Waals surface area (Å²) in [4.78, 5) is 27.2. The molecular weight excluding hydrogens is 379 g/mol. The number of amides is 1. The highest BCUT2D eigenvalue weighted by molar-refractivity contribution is 5.99. The van der Waals surface area contributed by atoms with Gasteiger partial charge in [-0.3, -0.25) is 9.59 Å². The third-order valence-electron chi connectivity index (χ3n) is 4.80. The quantitative estimate of drug-likeness (QED) is 0.350. The van der Waals surface area contributed by atoms with Crippen molar-refractivity contribution < 1.29 is 23.8 Å². The number of ether oxygens (including phenoxy) is 1. The summed E-state index contributed by atoms with van der Waals surface area (Å²) in [5.74, 6) is -1.09. The van der Waals surface area contributed by atoms with Gasteiger partial charge in [0.05, 0.1) is 11.7 Å². The average molecular weight is 398 g/mol. The van der Waals surface area contributed by atoms with E-state index in [4.69, 9.17) is 10.3 Å². The summed E-state index contributed by atoms with van der Waals surface area (Å²) in [7, 11) is 0. The van der Waals surface area contributed by atoms with E-state index in [9.17, 15) is 19.1 Å². The summed E-state index contributed by atoms with van der Waals surface area (Å²) in [6, 6.07) is 7.07. The van der Waals surface area contributed by atoms with Crippen LogP contribution in [0.2, 0.25) is 0 Å². The Hall–Kier alpha value is -3.42. The van der Waals surface area contributed by atoms with Gasteiger partial charge in [-0.2, -0.15) is 0 Å². The Morgan fingerprint density at radius 2 is 2.00 bits per heavy atom. The molecule has 1 heterocycles. The molecular formula is C20H19FN4O4.